The quantitative estimate of drug-likeness (QED) is 0.788. The lowest BCUT2D eigenvalue weighted by Crippen LogP contribution is -2.02. The third-order valence-electron chi connectivity index (χ3n) is 2.45. The lowest BCUT2D eigenvalue weighted by atomic mass is 10.3. The Morgan fingerprint density at radius 2 is 2.00 bits per heavy atom. The Bertz CT molecular complexity index is 638. The molecule has 19 heavy (non-hydrogen) atoms. The van der Waals surface area contributed by atoms with Crippen LogP contribution in [0.15, 0.2) is 48.4 Å². The molecule has 0 atom stereocenters. The molecule has 0 radical (unpaired) electrons. The minimum atomic E-state index is 0.610. The molecule has 0 unspecified atom stereocenters. The van der Waals surface area contributed by atoms with Crippen molar-refractivity contribution in [1.29, 1.82) is 0 Å². The van der Waals surface area contributed by atoms with Crippen molar-refractivity contribution >= 4 is 17.3 Å². The van der Waals surface area contributed by atoms with Gasteiger partial charge in [-0.3, -0.25) is 4.98 Å². The summed E-state index contributed by atoms with van der Waals surface area (Å²) in [5, 5.41) is 6.13. The lowest BCUT2D eigenvalue weighted by Gasteiger charge is -2.00. The topological polar surface area (TPSA) is 63.6 Å². The van der Waals surface area contributed by atoms with Crippen LogP contribution in [0.2, 0.25) is 0 Å². The zero-order chi connectivity index (χ0) is 12.9. The van der Waals surface area contributed by atoms with Crippen LogP contribution in [0.25, 0.3) is 10.6 Å². The van der Waals surface area contributed by atoms with E-state index in [0.29, 0.717) is 12.5 Å². The highest BCUT2D eigenvalue weighted by Crippen LogP contribution is 2.22. The van der Waals surface area contributed by atoms with E-state index in [4.69, 9.17) is 0 Å². The van der Waals surface area contributed by atoms with Crippen LogP contribution < -0.4 is 5.32 Å². The van der Waals surface area contributed by atoms with Crippen LogP contribution in [0.1, 0.15) is 5.69 Å². The Labute approximate surface area is 114 Å². The van der Waals surface area contributed by atoms with Gasteiger partial charge in [0.05, 0.1) is 12.2 Å². The predicted octanol–water partition coefficient (Wildman–Crippen LogP) is 2.61. The molecule has 0 aliphatic carbocycles. The summed E-state index contributed by atoms with van der Waals surface area (Å²) in [7, 11) is 0. The Balaban J connectivity index is 1.69. The van der Waals surface area contributed by atoms with Gasteiger partial charge in [0.15, 0.2) is 0 Å². The van der Waals surface area contributed by atoms with Gasteiger partial charge in [0.25, 0.3) is 0 Å². The number of rotatable bonds is 4. The number of anilines is 1. The average molecular weight is 269 g/mol. The van der Waals surface area contributed by atoms with Gasteiger partial charge in [0, 0.05) is 35.7 Å². The summed E-state index contributed by atoms with van der Waals surface area (Å²) in [5.41, 5.74) is 2.01. The summed E-state index contributed by atoms with van der Waals surface area (Å²) in [6.07, 6.45) is 6.98. The molecule has 0 fully saturated rings. The molecule has 0 saturated heterocycles. The first-order valence-electron chi connectivity index (χ1n) is 5.77. The Kier molecular flexibility index (Phi) is 3.42. The van der Waals surface area contributed by atoms with Crippen molar-refractivity contribution in [2.45, 2.75) is 6.54 Å². The van der Waals surface area contributed by atoms with Crippen molar-refractivity contribution in [2.24, 2.45) is 0 Å². The third-order valence-corrected chi connectivity index (χ3v) is 3.39. The van der Waals surface area contributed by atoms with Crippen molar-refractivity contribution in [2.75, 3.05) is 5.32 Å². The summed E-state index contributed by atoms with van der Waals surface area (Å²) < 4.78 is 0. The fourth-order valence-corrected chi connectivity index (χ4v) is 2.38. The molecule has 0 amide bonds. The highest BCUT2D eigenvalue weighted by Gasteiger charge is 2.04. The van der Waals surface area contributed by atoms with E-state index in [9.17, 15) is 0 Å². The number of aromatic nitrogens is 4. The van der Waals surface area contributed by atoms with Crippen molar-refractivity contribution < 1.29 is 0 Å². The number of hydrogen-bond acceptors (Lipinski definition) is 6. The van der Waals surface area contributed by atoms with E-state index in [1.807, 2.05) is 23.7 Å². The first-order valence-corrected chi connectivity index (χ1v) is 6.65. The summed E-state index contributed by atoms with van der Waals surface area (Å²) in [4.78, 5) is 16.9. The second kappa shape index (κ2) is 5.53. The molecule has 0 bridgehead atoms. The van der Waals surface area contributed by atoms with Gasteiger partial charge in [-0.05, 0) is 18.2 Å². The SMILES string of the molecule is c1cnc(NCc2csc(-c3cccnc3)n2)nc1. The molecule has 3 heterocycles. The first kappa shape index (κ1) is 11.7. The third kappa shape index (κ3) is 2.92. The normalized spacial score (nSPS) is 10.3. The fraction of sp³-hybridized carbons (Fsp3) is 0.0769. The van der Waals surface area contributed by atoms with E-state index in [0.717, 1.165) is 16.3 Å². The van der Waals surface area contributed by atoms with E-state index in [2.05, 4.69) is 25.3 Å². The van der Waals surface area contributed by atoms with Crippen LogP contribution in [-0.2, 0) is 6.54 Å². The minimum Gasteiger partial charge on any atom is -0.349 e. The molecule has 94 valence electrons. The summed E-state index contributed by atoms with van der Waals surface area (Å²) >= 11 is 1.61. The summed E-state index contributed by atoms with van der Waals surface area (Å²) in [5.74, 6) is 0.610. The highest BCUT2D eigenvalue weighted by atomic mass is 32.1. The average Bonchev–Trinajstić information content (AvgIpc) is 2.96. The molecule has 0 aromatic carbocycles. The predicted molar refractivity (Wildman–Crippen MR) is 74.7 cm³/mol. The second-order valence-electron chi connectivity index (χ2n) is 3.81. The van der Waals surface area contributed by atoms with Crippen molar-refractivity contribution in [3.8, 4) is 10.6 Å². The van der Waals surface area contributed by atoms with E-state index in [1.165, 1.54) is 0 Å². The van der Waals surface area contributed by atoms with Crippen LogP contribution >= 0.6 is 11.3 Å². The Hall–Kier alpha value is -2.34. The molecule has 0 spiro atoms. The molecule has 3 aromatic heterocycles. The van der Waals surface area contributed by atoms with Crippen LogP contribution in [0.3, 0.4) is 0 Å². The smallest absolute Gasteiger partial charge is 0.222 e. The van der Waals surface area contributed by atoms with E-state index in [-0.39, 0.29) is 0 Å². The molecule has 6 heteroatoms. The number of thiazole rings is 1. The highest BCUT2D eigenvalue weighted by molar-refractivity contribution is 7.13. The monoisotopic (exact) mass is 269 g/mol. The van der Waals surface area contributed by atoms with E-state index in [1.54, 1.807) is 36.0 Å². The molecule has 3 aromatic rings. The van der Waals surface area contributed by atoms with E-state index >= 15 is 0 Å². The van der Waals surface area contributed by atoms with Crippen molar-refractivity contribution in [3.05, 3.63) is 54.1 Å². The van der Waals surface area contributed by atoms with Crippen LogP contribution in [-0.4, -0.2) is 19.9 Å². The maximum atomic E-state index is 4.56. The Morgan fingerprint density at radius 1 is 1.11 bits per heavy atom. The van der Waals surface area contributed by atoms with Crippen LogP contribution in [0.5, 0.6) is 0 Å². The fourth-order valence-electron chi connectivity index (χ4n) is 1.57. The van der Waals surface area contributed by atoms with E-state index < -0.39 is 0 Å². The van der Waals surface area contributed by atoms with Gasteiger partial charge in [0.2, 0.25) is 5.95 Å². The van der Waals surface area contributed by atoms with Crippen molar-refractivity contribution in [3.63, 3.8) is 0 Å². The first-order chi connectivity index (χ1) is 9.42. The molecule has 5 nitrogen and oxygen atoms in total. The maximum Gasteiger partial charge on any atom is 0.222 e. The standard InChI is InChI=1S/C13H11N5S/c1-3-10(7-14-4-1)12-18-11(9-19-12)8-17-13-15-5-2-6-16-13/h1-7,9H,8H2,(H,15,16,17). The van der Waals surface area contributed by atoms with Crippen LogP contribution in [0.4, 0.5) is 5.95 Å². The largest absolute Gasteiger partial charge is 0.349 e. The minimum absolute atomic E-state index is 0.610. The molecule has 0 aliphatic heterocycles. The maximum absolute atomic E-state index is 4.56. The molecule has 0 saturated carbocycles. The van der Waals surface area contributed by atoms with Gasteiger partial charge in [-0.2, -0.15) is 0 Å². The summed E-state index contributed by atoms with van der Waals surface area (Å²) in [6, 6.07) is 5.70. The zero-order valence-electron chi connectivity index (χ0n) is 10.0. The number of nitrogens with one attached hydrogen (secondary N) is 1. The zero-order valence-corrected chi connectivity index (χ0v) is 10.8. The van der Waals surface area contributed by atoms with Gasteiger partial charge in [-0.25, -0.2) is 15.0 Å². The number of pyridine rings is 1. The number of nitrogens with zero attached hydrogens (tertiary/aromatic N) is 4. The van der Waals surface area contributed by atoms with Gasteiger partial charge in [-0.15, -0.1) is 11.3 Å². The van der Waals surface area contributed by atoms with Gasteiger partial charge >= 0.3 is 0 Å². The Morgan fingerprint density at radius 3 is 2.79 bits per heavy atom. The molecular weight excluding hydrogens is 258 g/mol. The molecule has 3 rings (SSSR count). The lowest BCUT2D eigenvalue weighted by molar-refractivity contribution is 1.02. The molecular formula is C13H11N5S. The number of hydrogen-bond donors (Lipinski definition) is 1. The second-order valence-corrected chi connectivity index (χ2v) is 4.67. The summed E-state index contributed by atoms with van der Waals surface area (Å²) in [6.45, 7) is 0.612. The van der Waals surface area contributed by atoms with Crippen LogP contribution in [0, 0.1) is 0 Å². The van der Waals surface area contributed by atoms with Gasteiger partial charge in [-0.1, -0.05) is 0 Å². The van der Waals surface area contributed by atoms with Crippen molar-refractivity contribution in [1.82, 2.24) is 19.9 Å². The molecule has 1 N–H and O–H groups in total. The molecule has 0 aliphatic rings. The van der Waals surface area contributed by atoms with Gasteiger partial charge in [0.1, 0.15) is 5.01 Å². The van der Waals surface area contributed by atoms with Gasteiger partial charge < -0.3 is 5.32 Å².